The van der Waals surface area contributed by atoms with Crippen LogP contribution in [0.3, 0.4) is 0 Å². The zero-order valence-corrected chi connectivity index (χ0v) is 16.5. The van der Waals surface area contributed by atoms with Crippen LogP contribution >= 0.6 is 23.2 Å². The van der Waals surface area contributed by atoms with Crippen molar-refractivity contribution in [3.63, 3.8) is 0 Å². The van der Waals surface area contributed by atoms with E-state index in [2.05, 4.69) is 41.0 Å². The average Bonchev–Trinajstić information content (AvgIpc) is 3.03. The first-order valence-electron chi connectivity index (χ1n) is 9.07. The highest BCUT2D eigenvalue weighted by molar-refractivity contribution is 6.31. The van der Waals surface area contributed by atoms with Crippen molar-refractivity contribution < 1.29 is 0 Å². The monoisotopic (exact) mass is 402 g/mol. The maximum atomic E-state index is 6.23. The summed E-state index contributed by atoms with van der Waals surface area (Å²) in [5, 5.41) is 3.87. The van der Waals surface area contributed by atoms with Crippen molar-refractivity contribution in [2.24, 2.45) is 0 Å². The second-order valence-electron chi connectivity index (χ2n) is 6.80. The Morgan fingerprint density at radius 2 is 1.57 bits per heavy atom. The van der Waals surface area contributed by atoms with E-state index in [-0.39, 0.29) is 0 Å². The van der Waals surface area contributed by atoms with Gasteiger partial charge in [0.25, 0.3) is 0 Å². The van der Waals surface area contributed by atoms with E-state index >= 15 is 0 Å². The number of aromatic nitrogens is 2. The molecule has 28 heavy (non-hydrogen) atoms. The van der Waals surface area contributed by atoms with Gasteiger partial charge in [-0.25, -0.2) is 0 Å². The van der Waals surface area contributed by atoms with Crippen molar-refractivity contribution in [2.45, 2.75) is 6.54 Å². The van der Waals surface area contributed by atoms with Crippen LogP contribution in [0.15, 0.2) is 85.1 Å². The number of nitrogens with zero attached hydrogens (tertiary/aromatic N) is 2. The molecule has 0 saturated heterocycles. The summed E-state index contributed by atoms with van der Waals surface area (Å²) in [4.78, 5) is 4.73. The summed E-state index contributed by atoms with van der Waals surface area (Å²) in [5.41, 5.74) is 5.45. The number of para-hydroxylation sites is 1. The number of hydrogen-bond acceptors (Lipinski definition) is 1. The smallest absolute Gasteiger partial charge is 0.0945 e. The molecule has 0 unspecified atom stereocenters. The first-order valence-corrected chi connectivity index (χ1v) is 9.82. The Morgan fingerprint density at radius 1 is 0.750 bits per heavy atom. The van der Waals surface area contributed by atoms with Crippen LogP contribution in [0.5, 0.6) is 0 Å². The third kappa shape index (κ3) is 2.95. The van der Waals surface area contributed by atoms with Gasteiger partial charge >= 0.3 is 0 Å². The molecule has 0 bridgehead atoms. The van der Waals surface area contributed by atoms with Crippen LogP contribution in [0.4, 0.5) is 0 Å². The second-order valence-corrected chi connectivity index (χ2v) is 7.67. The second kappa shape index (κ2) is 6.97. The van der Waals surface area contributed by atoms with Gasteiger partial charge in [0.2, 0.25) is 0 Å². The van der Waals surface area contributed by atoms with E-state index in [9.17, 15) is 0 Å². The summed E-state index contributed by atoms with van der Waals surface area (Å²) < 4.78 is 2.33. The molecule has 136 valence electrons. The van der Waals surface area contributed by atoms with Crippen molar-refractivity contribution in [3.05, 3.63) is 101 Å². The minimum Gasteiger partial charge on any atom is -0.334 e. The van der Waals surface area contributed by atoms with Gasteiger partial charge in [-0.1, -0.05) is 65.7 Å². The Morgan fingerprint density at radius 3 is 2.39 bits per heavy atom. The van der Waals surface area contributed by atoms with E-state index in [0.717, 1.165) is 38.9 Å². The van der Waals surface area contributed by atoms with Gasteiger partial charge in [-0.05, 0) is 42.0 Å². The highest BCUT2D eigenvalue weighted by atomic mass is 35.5. The molecule has 4 heteroatoms. The summed E-state index contributed by atoms with van der Waals surface area (Å²) in [6.45, 7) is 0.719. The van der Waals surface area contributed by atoms with Gasteiger partial charge in [0.1, 0.15) is 0 Å². The van der Waals surface area contributed by atoms with Crippen LogP contribution in [0.1, 0.15) is 5.56 Å². The number of fused-ring (bicyclic) bond motifs is 3. The molecule has 2 aromatic heterocycles. The van der Waals surface area contributed by atoms with E-state index in [1.165, 1.54) is 16.3 Å². The predicted octanol–water partition coefficient (Wildman–Crippen LogP) is 7.21. The first kappa shape index (κ1) is 17.3. The summed E-state index contributed by atoms with van der Waals surface area (Å²) in [6, 6.07) is 26.4. The third-order valence-corrected chi connectivity index (χ3v) is 5.51. The lowest BCUT2D eigenvalue weighted by Crippen LogP contribution is -2.01. The average molecular weight is 403 g/mol. The lowest BCUT2D eigenvalue weighted by Gasteiger charge is -2.11. The summed E-state index contributed by atoms with van der Waals surface area (Å²) >= 11 is 12.3. The molecule has 0 fully saturated rings. The molecule has 2 nitrogen and oxygen atoms in total. The van der Waals surface area contributed by atoms with Crippen LogP contribution in [-0.4, -0.2) is 9.55 Å². The molecule has 0 amide bonds. The molecule has 3 aromatic carbocycles. The lowest BCUT2D eigenvalue weighted by atomic mass is 10.1. The van der Waals surface area contributed by atoms with Crippen LogP contribution in [0, 0.1) is 0 Å². The molecule has 0 aliphatic rings. The molecule has 0 N–H and O–H groups in total. The highest BCUT2D eigenvalue weighted by Crippen LogP contribution is 2.35. The highest BCUT2D eigenvalue weighted by Gasteiger charge is 2.16. The fourth-order valence-electron chi connectivity index (χ4n) is 3.80. The molecule has 5 aromatic rings. The fraction of sp³-hybridized carbons (Fsp3) is 0.0417. The van der Waals surface area contributed by atoms with Crippen LogP contribution < -0.4 is 0 Å². The van der Waals surface area contributed by atoms with Gasteiger partial charge < -0.3 is 4.57 Å². The third-order valence-electron chi connectivity index (χ3n) is 5.03. The topological polar surface area (TPSA) is 17.8 Å². The molecule has 2 heterocycles. The Kier molecular flexibility index (Phi) is 4.31. The van der Waals surface area contributed by atoms with E-state index in [4.69, 9.17) is 28.2 Å². The van der Waals surface area contributed by atoms with E-state index in [1.807, 2.05) is 48.7 Å². The maximum Gasteiger partial charge on any atom is 0.0945 e. The molecule has 0 radical (unpaired) electrons. The van der Waals surface area contributed by atoms with E-state index in [0.29, 0.717) is 0 Å². The largest absolute Gasteiger partial charge is 0.334 e. The summed E-state index contributed by atoms with van der Waals surface area (Å²) in [7, 11) is 0. The van der Waals surface area contributed by atoms with Crippen molar-refractivity contribution in [3.8, 4) is 11.3 Å². The van der Waals surface area contributed by atoms with Crippen LogP contribution in [0.25, 0.3) is 33.1 Å². The SMILES string of the molecule is Clc1ccc(-c2nccc3c4ccccc4n(Cc4cccc(Cl)c4)c23)cc1. The maximum absolute atomic E-state index is 6.23. The number of hydrogen-bond donors (Lipinski definition) is 0. The van der Waals surface area contributed by atoms with Crippen molar-refractivity contribution in [1.29, 1.82) is 0 Å². The normalized spacial score (nSPS) is 11.4. The zero-order chi connectivity index (χ0) is 19.1. The molecule has 0 aliphatic heterocycles. The number of rotatable bonds is 3. The fourth-order valence-corrected chi connectivity index (χ4v) is 4.14. The Labute approximate surface area is 173 Å². The first-order chi connectivity index (χ1) is 13.7. The van der Waals surface area contributed by atoms with Gasteiger partial charge in [-0.3, -0.25) is 4.98 Å². The van der Waals surface area contributed by atoms with Crippen molar-refractivity contribution >= 4 is 45.0 Å². The minimum absolute atomic E-state index is 0.718. The Balaban J connectivity index is 1.82. The summed E-state index contributed by atoms with van der Waals surface area (Å²) in [6.07, 6.45) is 1.88. The van der Waals surface area contributed by atoms with Crippen molar-refractivity contribution in [2.75, 3.05) is 0 Å². The van der Waals surface area contributed by atoms with Crippen LogP contribution in [-0.2, 0) is 6.54 Å². The molecule has 0 spiro atoms. The van der Waals surface area contributed by atoms with Crippen LogP contribution in [0.2, 0.25) is 10.0 Å². The molecular weight excluding hydrogens is 387 g/mol. The number of halogens is 2. The summed E-state index contributed by atoms with van der Waals surface area (Å²) in [5.74, 6) is 0. The Bertz CT molecular complexity index is 1300. The zero-order valence-electron chi connectivity index (χ0n) is 14.9. The van der Waals surface area contributed by atoms with Crippen molar-refractivity contribution in [1.82, 2.24) is 9.55 Å². The van der Waals surface area contributed by atoms with Gasteiger partial charge in [0.15, 0.2) is 0 Å². The van der Waals surface area contributed by atoms with Gasteiger partial charge in [0, 0.05) is 44.6 Å². The minimum atomic E-state index is 0.718. The van der Waals surface area contributed by atoms with Gasteiger partial charge in [0.05, 0.1) is 11.2 Å². The molecule has 0 atom stereocenters. The number of benzene rings is 3. The van der Waals surface area contributed by atoms with Gasteiger partial charge in [-0.2, -0.15) is 0 Å². The molecule has 0 aliphatic carbocycles. The van der Waals surface area contributed by atoms with E-state index < -0.39 is 0 Å². The molecular formula is C24H16Cl2N2. The van der Waals surface area contributed by atoms with Gasteiger partial charge in [-0.15, -0.1) is 0 Å². The Hall–Kier alpha value is -2.81. The predicted molar refractivity (Wildman–Crippen MR) is 118 cm³/mol. The molecule has 0 saturated carbocycles. The standard InChI is InChI=1S/C24H16Cl2N2/c25-18-10-8-17(9-11-18)23-24-21(12-13-27-23)20-6-1-2-7-22(20)28(24)15-16-4-3-5-19(26)14-16/h1-14H,15H2. The lowest BCUT2D eigenvalue weighted by molar-refractivity contribution is 0.868. The number of pyridine rings is 1. The quantitative estimate of drug-likeness (QED) is 0.311. The molecule has 5 rings (SSSR count). The van der Waals surface area contributed by atoms with E-state index in [1.54, 1.807) is 0 Å².